The van der Waals surface area contributed by atoms with Gasteiger partial charge in [0.25, 0.3) is 11.8 Å². The number of nitrogens with zero attached hydrogens (tertiary/aromatic N) is 1. The Morgan fingerprint density at radius 2 is 2.07 bits per heavy atom. The van der Waals surface area contributed by atoms with Gasteiger partial charge in [-0.15, -0.1) is 0 Å². The molecular formula is C20H14BrCl2N3O4. The summed E-state index contributed by atoms with van der Waals surface area (Å²) in [5.74, 6) is -0.189. The first-order valence-electron chi connectivity index (χ1n) is 8.73. The number of carbonyl (C=O) groups is 2. The Bertz CT molecular complexity index is 1110. The van der Waals surface area contributed by atoms with E-state index in [9.17, 15) is 9.59 Å². The van der Waals surface area contributed by atoms with Crippen molar-refractivity contribution in [2.45, 2.75) is 6.17 Å². The van der Waals surface area contributed by atoms with Crippen molar-refractivity contribution in [3.05, 3.63) is 80.6 Å². The zero-order valence-corrected chi connectivity index (χ0v) is 18.3. The lowest BCUT2D eigenvalue weighted by atomic mass is 10.1. The van der Waals surface area contributed by atoms with E-state index in [2.05, 4.69) is 26.7 Å². The summed E-state index contributed by atoms with van der Waals surface area (Å²) in [6.45, 7) is -0.360. The highest BCUT2D eigenvalue weighted by Crippen LogP contribution is 2.34. The Morgan fingerprint density at radius 1 is 1.23 bits per heavy atom. The van der Waals surface area contributed by atoms with Crippen molar-refractivity contribution in [1.29, 1.82) is 0 Å². The molecule has 0 saturated carbocycles. The molecule has 10 heteroatoms. The van der Waals surface area contributed by atoms with Crippen LogP contribution in [-0.2, 0) is 4.79 Å². The van der Waals surface area contributed by atoms with Crippen LogP contribution in [0.15, 0.2) is 63.7 Å². The zero-order valence-electron chi connectivity index (χ0n) is 15.2. The lowest BCUT2D eigenvalue weighted by Gasteiger charge is -2.36. The molecule has 1 aliphatic heterocycles. The Morgan fingerprint density at radius 3 is 2.80 bits per heavy atom. The fourth-order valence-corrected chi connectivity index (χ4v) is 3.77. The summed E-state index contributed by atoms with van der Waals surface area (Å²) >= 11 is 15.3. The summed E-state index contributed by atoms with van der Waals surface area (Å²) < 4.78 is 11.6. The molecule has 1 aromatic heterocycles. The largest absolute Gasteiger partial charge is 0.482 e. The number of benzene rings is 2. The quantitative estimate of drug-likeness (QED) is 0.503. The third kappa shape index (κ3) is 4.26. The number of furan rings is 1. The van der Waals surface area contributed by atoms with Gasteiger partial charge in [0.1, 0.15) is 11.5 Å². The van der Waals surface area contributed by atoms with Crippen LogP contribution in [0.2, 0.25) is 10.0 Å². The third-order valence-corrected chi connectivity index (χ3v) is 5.32. The van der Waals surface area contributed by atoms with Gasteiger partial charge in [0.2, 0.25) is 0 Å². The number of carbonyl (C=O) groups excluding carboxylic acids is 2. The molecule has 0 spiro atoms. The van der Waals surface area contributed by atoms with Gasteiger partial charge in [-0.05, 0) is 48.5 Å². The van der Waals surface area contributed by atoms with Gasteiger partial charge in [0.15, 0.2) is 12.8 Å². The molecule has 0 radical (unpaired) electrons. The Kier molecular flexibility index (Phi) is 5.90. The van der Waals surface area contributed by atoms with E-state index in [0.717, 1.165) is 4.47 Å². The van der Waals surface area contributed by atoms with Crippen LogP contribution in [0, 0.1) is 0 Å². The normalized spacial score (nSPS) is 15.4. The molecule has 0 bridgehead atoms. The minimum atomic E-state index is -0.732. The van der Waals surface area contributed by atoms with E-state index in [-0.39, 0.29) is 11.6 Å². The van der Waals surface area contributed by atoms with Crippen LogP contribution in [0.4, 0.5) is 5.69 Å². The Hall–Kier alpha value is -2.68. The fraction of sp³-hybridized carbons (Fsp3) is 0.100. The molecule has 30 heavy (non-hydrogen) atoms. The number of hydrogen-bond donors (Lipinski definition) is 2. The summed E-state index contributed by atoms with van der Waals surface area (Å²) in [4.78, 5) is 25.6. The van der Waals surface area contributed by atoms with Crippen LogP contribution in [-0.4, -0.2) is 23.4 Å². The molecule has 4 rings (SSSR count). The van der Waals surface area contributed by atoms with E-state index < -0.39 is 18.0 Å². The molecule has 1 atom stereocenters. The van der Waals surface area contributed by atoms with Crippen LogP contribution in [0.25, 0.3) is 0 Å². The standard InChI is InChI=1S/C20H14BrCl2N3O4/c21-11-3-5-15-13(8-11)20(28)26(19(24-15)17-2-1-7-29-17)25-18(27)10-30-16-6-4-12(22)9-14(16)23/h1-9,19,24H,10H2,(H,25,27). The van der Waals surface area contributed by atoms with Crippen LogP contribution in [0.5, 0.6) is 5.75 Å². The SMILES string of the molecule is O=C(COc1ccc(Cl)cc1Cl)NN1C(=O)c2cc(Br)ccc2NC1c1ccco1. The molecule has 3 aromatic rings. The Balaban J connectivity index is 1.54. The van der Waals surface area contributed by atoms with Crippen LogP contribution in [0.1, 0.15) is 22.3 Å². The number of nitrogens with one attached hydrogen (secondary N) is 2. The smallest absolute Gasteiger partial charge is 0.276 e. The van der Waals surface area contributed by atoms with Crippen molar-refractivity contribution < 1.29 is 18.7 Å². The van der Waals surface area contributed by atoms with Gasteiger partial charge < -0.3 is 14.5 Å². The van der Waals surface area contributed by atoms with Crippen LogP contribution < -0.4 is 15.5 Å². The summed E-state index contributed by atoms with van der Waals surface area (Å²) in [6, 6.07) is 13.3. The maximum Gasteiger partial charge on any atom is 0.276 e. The first-order valence-corrected chi connectivity index (χ1v) is 10.3. The highest BCUT2D eigenvalue weighted by molar-refractivity contribution is 9.10. The number of amides is 2. The molecule has 0 saturated heterocycles. The van der Waals surface area contributed by atoms with Crippen molar-refractivity contribution >= 4 is 56.6 Å². The lowest BCUT2D eigenvalue weighted by Crippen LogP contribution is -2.53. The number of anilines is 1. The molecule has 0 fully saturated rings. The molecule has 1 unspecified atom stereocenters. The molecule has 2 aromatic carbocycles. The second-order valence-corrected chi connectivity index (χ2v) is 8.09. The van der Waals surface area contributed by atoms with Crippen molar-refractivity contribution in [1.82, 2.24) is 10.4 Å². The van der Waals surface area contributed by atoms with Crippen LogP contribution >= 0.6 is 39.1 Å². The van der Waals surface area contributed by atoms with Gasteiger partial charge in [0, 0.05) is 15.2 Å². The lowest BCUT2D eigenvalue weighted by molar-refractivity contribution is -0.127. The summed E-state index contributed by atoms with van der Waals surface area (Å²) in [7, 11) is 0. The molecule has 154 valence electrons. The first kappa shape index (κ1) is 20.6. The molecular weight excluding hydrogens is 497 g/mol. The number of hydrogen-bond acceptors (Lipinski definition) is 5. The van der Waals surface area contributed by atoms with E-state index in [4.69, 9.17) is 32.4 Å². The second kappa shape index (κ2) is 8.59. The van der Waals surface area contributed by atoms with E-state index in [1.165, 1.54) is 17.3 Å². The number of rotatable bonds is 5. The molecule has 2 N–H and O–H groups in total. The van der Waals surface area contributed by atoms with E-state index >= 15 is 0 Å². The predicted molar refractivity (Wildman–Crippen MR) is 115 cm³/mol. The van der Waals surface area contributed by atoms with Gasteiger partial charge in [-0.2, -0.15) is 0 Å². The van der Waals surface area contributed by atoms with E-state index in [1.54, 1.807) is 36.4 Å². The van der Waals surface area contributed by atoms with Crippen LogP contribution in [0.3, 0.4) is 0 Å². The second-order valence-electron chi connectivity index (χ2n) is 6.33. The molecule has 0 aliphatic carbocycles. The number of halogens is 3. The topological polar surface area (TPSA) is 83.8 Å². The van der Waals surface area contributed by atoms with Crippen molar-refractivity contribution in [3.8, 4) is 5.75 Å². The average Bonchev–Trinajstić information content (AvgIpc) is 3.24. The third-order valence-electron chi connectivity index (χ3n) is 4.29. The average molecular weight is 511 g/mol. The predicted octanol–water partition coefficient (Wildman–Crippen LogP) is 5.03. The highest BCUT2D eigenvalue weighted by atomic mass is 79.9. The molecule has 7 nitrogen and oxygen atoms in total. The number of fused-ring (bicyclic) bond motifs is 1. The fourth-order valence-electron chi connectivity index (χ4n) is 2.94. The number of hydrazine groups is 1. The first-order chi connectivity index (χ1) is 14.4. The summed E-state index contributed by atoms with van der Waals surface area (Å²) in [5, 5.41) is 5.10. The summed E-state index contributed by atoms with van der Waals surface area (Å²) in [5.41, 5.74) is 3.60. The monoisotopic (exact) mass is 509 g/mol. The van der Waals surface area contributed by atoms with E-state index in [0.29, 0.717) is 27.8 Å². The zero-order chi connectivity index (χ0) is 21.3. The maximum atomic E-state index is 13.1. The molecule has 2 heterocycles. The van der Waals surface area contributed by atoms with Crippen molar-refractivity contribution in [2.75, 3.05) is 11.9 Å². The van der Waals surface area contributed by atoms with E-state index in [1.807, 2.05) is 6.07 Å². The van der Waals surface area contributed by atoms with Gasteiger partial charge in [0.05, 0.1) is 16.8 Å². The minimum absolute atomic E-state index is 0.276. The van der Waals surface area contributed by atoms with Gasteiger partial charge >= 0.3 is 0 Å². The van der Waals surface area contributed by atoms with Crippen molar-refractivity contribution in [2.24, 2.45) is 0 Å². The minimum Gasteiger partial charge on any atom is -0.482 e. The van der Waals surface area contributed by atoms with Gasteiger partial charge in [-0.1, -0.05) is 39.1 Å². The molecule has 2 amide bonds. The Labute approximate surface area is 190 Å². The summed E-state index contributed by atoms with van der Waals surface area (Å²) in [6.07, 6.45) is 0.758. The molecule has 1 aliphatic rings. The number of ether oxygens (including phenoxy) is 1. The van der Waals surface area contributed by atoms with Crippen molar-refractivity contribution in [3.63, 3.8) is 0 Å². The maximum absolute atomic E-state index is 13.1. The highest BCUT2D eigenvalue weighted by Gasteiger charge is 2.36. The van der Waals surface area contributed by atoms with Gasteiger partial charge in [-0.3, -0.25) is 15.0 Å². The van der Waals surface area contributed by atoms with Gasteiger partial charge in [-0.25, -0.2) is 5.01 Å².